The number of likely N-dealkylation sites (tertiary alicyclic amines) is 1. The third-order valence-electron chi connectivity index (χ3n) is 4.57. The smallest absolute Gasteiger partial charge is 0.0558 e. The summed E-state index contributed by atoms with van der Waals surface area (Å²) in [6, 6.07) is 6.13. The van der Waals surface area contributed by atoms with Crippen molar-refractivity contribution in [3.05, 3.63) is 29.6 Å². The molecule has 5 heteroatoms. The average molecular weight is 307 g/mol. The third-order valence-corrected chi connectivity index (χ3v) is 4.57. The standard InChI is InChI=1S/C17H29N3O2/c1-3-19(7-8-21)9-15-10-20(11-16(15)13-22)12-17-6-4-5-14(2)18-17/h4-6,15-16,21-22H,3,7-13H2,1-2H3/t15-,16-/m1/s1. The Labute approximate surface area is 133 Å². The highest BCUT2D eigenvalue weighted by Gasteiger charge is 2.33. The molecule has 1 fully saturated rings. The Morgan fingerprint density at radius 1 is 1.27 bits per heavy atom. The molecular weight excluding hydrogens is 278 g/mol. The van der Waals surface area contributed by atoms with E-state index in [1.54, 1.807) is 0 Å². The molecule has 1 saturated heterocycles. The molecule has 0 aliphatic carbocycles. The van der Waals surface area contributed by atoms with Crippen molar-refractivity contribution in [3.63, 3.8) is 0 Å². The van der Waals surface area contributed by atoms with Crippen LogP contribution < -0.4 is 0 Å². The van der Waals surface area contributed by atoms with Gasteiger partial charge in [-0.15, -0.1) is 0 Å². The van der Waals surface area contributed by atoms with Crippen LogP contribution >= 0.6 is 0 Å². The molecule has 5 nitrogen and oxygen atoms in total. The molecule has 0 saturated carbocycles. The SMILES string of the molecule is CCN(CCO)C[C@@H]1CN(Cc2cccc(C)n2)C[C@@H]1CO. The second kappa shape index (κ2) is 8.58. The van der Waals surface area contributed by atoms with Crippen LogP contribution in [0, 0.1) is 18.8 Å². The first-order chi connectivity index (χ1) is 10.7. The predicted molar refractivity (Wildman–Crippen MR) is 87.5 cm³/mol. The van der Waals surface area contributed by atoms with Crippen molar-refractivity contribution in [3.8, 4) is 0 Å². The van der Waals surface area contributed by atoms with Gasteiger partial charge in [0.25, 0.3) is 0 Å². The van der Waals surface area contributed by atoms with E-state index in [1.165, 1.54) is 0 Å². The molecule has 1 aromatic heterocycles. The van der Waals surface area contributed by atoms with E-state index < -0.39 is 0 Å². The molecule has 0 radical (unpaired) electrons. The number of hydrogen-bond acceptors (Lipinski definition) is 5. The summed E-state index contributed by atoms with van der Waals surface area (Å²) in [7, 11) is 0. The fourth-order valence-electron chi connectivity index (χ4n) is 3.35. The first-order valence-corrected chi connectivity index (χ1v) is 8.25. The van der Waals surface area contributed by atoms with Crippen LogP contribution in [0.5, 0.6) is 0 Å². The number of hydrogen-bond donors (Lipinski definition) is 2. The van der Waals surface area contributed by atoms with Gasteiger partial charge in [0, 0.05) is 45.0 Å². The number of aliphatic hydroxyl groups is 2. The lowest BCUT2D eigenvalue weighted by Crippen LogP contribution is -2.35. The van der Waals surface area contributed by atoms with E-state index >= 15 is 0 Å². The van der Waals surface area contributed by atoms with Gasteiger partial charge in [-0.25, -0.2) is 0 Å². The van der Waals surface area contributed by atoms with Gasteiger partial charge in [0.2, 0.25) is 0 Å². The van der Waals surface area contributed by atoms with Gasteiger partial charge < -0.3 is 15.1 Å². The van der Waals surface area contributed by atoms with E-state index in [2.05, 4.69) is 33.8 Å². The minimum Gasteiger partial charge on any atom is -0.396 e. The van der Waals surface area contributed by atoms with Crippen molar-refractivity contribution in [1.29, 1.82) is 0 Å². The lowest BCUT2D eigenvalue weighted by molar-refractivity contribution is 0.147. The number of pyridine rings is 1. The van der Waals surface area contributed by atoms with Crippen molar-refractivity contribution in [2.24, 2.45) is 11.8 Å². The molecule has 1 aliphatic rings. The minimum absolute atomic E-state index is 0.196. The summed E-state index contributed by atoms with van der Waals surface area (Å²) in [6.07, 6.45) is 0. The van der Waals surface area contributed by atoms with Crippen LogP contribution in [0.4, 0.5) is 0 Å². The molecule has 2 N–H and O–H groups in total. The maximum Gasteiger partial charge on any atom is 0.0558 e. The van der Waals surface area contributed by atoms with Crippen LogP contribution in [-0.4, -0.2) is 70.9 Å². The molecule has 2 atom stereocenters. The molecule has 2 rings (SSSR count). The van der Waals surface area contributed by atoms with Crippen molar-refractivity contribution in [2.75, 3.05) is 45.9 Å². The van der Waals surface area contributed by atoms with Crippen LogP contribution in [0.3, 0.4) is 0 Å². The van der Waals surface area contributed by atoms with Crippen LogP contribution in [0.15, 0.2) is 18.2 Å². The predicted octanol–water partition coefficient (Wildman–Crippen LogP) is 0.745. The maximum atomic E-state index is 9.67. The second-order valence-electron chi connectivity index (χ2n) is 6.28. The van der Waals surface area contributed by atoms with Crippen molar-refractivity contribution in [2.45, 2.75) is 20.4 Å². The first kappa shape index (κ1) is 17.3. The summed E-state index contributed by atoms with van der Waals surface area (Å²) in [4.78, 5) is 9.23. The van der Waals surface area contributed by atoms with Gasteiger partial charge >= 0.3 is 0 Å². The molecule has 2 heterocycles. The Hall–Kier alpha value is -1.01. The summed E-state index contributed by atoms with van der Waals surface area (Å²) in [6.45, 7) is 9.92. The van der Waals surface area contributed by atoms with E-state index in [4.69, 9.17) is 5.11 Å². The van der Waals surface area contributed by atoms with Crippen LogP contribution in [0.1, 0.15) is 18.3 Å². The van der Waals surface area contributed by atoms with Gasteiger partial charge in [0.05, 0.1) is 12.3 Å². The lowest BCUT2D eigenvalue weighted by atomic mass is 9.96. The molecule has 1 aromatic rings. The normalized spacial score (nSPS) is 22.6. The first-order valence-electron chi connectivity index (χ1n) is 8.25. The highest BCUT2D eigenvalue weighted by Crippen LogP contribution is 2.25. The number of aromatic nitrogens is 1. The second-order valence-corrected chi connectivity index (χ2v) is 6.28. The Bertz CT molecular complexity index is 455. The van der Waals surface area contributed by atoms with E-state index in [9.17, 15) is 5.11 Å². The Balaban J connectivity index is 1.93. The molecular formula is C17H29N3O2. The number of aryl methyl sites for hydroxylation is 1. The van der Waals surface area contributed by atoms with Gasteiger partial charge in [0.15, 0.2) is 0 Å². The van der Waals surface area contributed by atoms with Crippen molar-refractivity contribution < 1.29 is 10.2 Å². The third kappa shape index (κ3) is 4.74. The zero-order chi connectivity index (χ0) is 15.9. The molecule has 1 aliphatic heterocycles. The quantitative estimate of drug-likeness (QED) is 0.742. The number of aliphatic hydroxyl groups excluding tert-OH is 2. The van der Waals surface area contributed by atoms with Crippen LogP contribution in [0.2, 0.25) is 0 Å². The summed E-state index contributed by atoms with van der Waals surface area (Å²) in [5, 5.41) is 18.8. The van der Waals surface area contributed by atoms with Crippen LogP contribution in [-0.2, 0) is 6.54 Å². The number of nitrogens with zero attached hydrogens (tertiary/aromatic N) is 3. The summed E-state index contributed by atoms with van der Waals surface area (Å²) < 4.78 is 0. The van der Waals surface area contributed by atoms with E-state index in [0.717, 1.165) is 44.1 Å². The van der Waals surface area contributed by atoms with E-state index in [0.29, 0.717) is 18.4 Å². The summed E-state index contributed by atoms with van der Waals surface area (Å²) >= 11 is 0. The van der Waals surface area contributed by atoms with E-state index in [1.807, 2.05) is 13.0 Å². The van der Waals surface area contributed by atoms with Crippen LogP contribution in [0.25, 0.3) is 0 Å². The van der Waals surface area contributed by atoms with Crippen molar-refractivity contribution >= 4 is 0 Å². The van der Waals surface area contributed by atoms with E-state index in [-0.39, 0.29) is 13.2 Å². The van der Waals surface area contributed by atoms with Gasteiger partial charge in [-0.2, -0.15) is 0 Å². The topological polar surface area (TPSA) is 59.8 Å². The van der Waals surface area contributed by atoms with Gasteiger partial charge in [0.1, 0.15) is 0 Å². The van der Waals surface area contributed by atoms with Gasteiger partial charge in [-0.05, 0) is 37.4 Å². The zero-order valence-electron chi connectivity index (χ0n) is 13.8. The average Bonchev–Trinajstić information content (AvgIpc) is 2.88. The number of rotatable bonds is 8. The molecule has 0 bridgehead atoms. The highest BCUT2D eigenvalue weighted by molar-refractivity contribution is 5.10. The highest BCUT2D eigenvalue weighted by atomic mass is 16.3. The summed E-state index contributed by atoms with van der Waals surface area (Å²) in [5.74, 6) is 0.777. The Morgan fingerprint density at radius 2 is 2.05 bits per heavy atom. The molecule has 0 aromatic carbocycles. The zero-order valence-corrected chi connectivity index (χ0v) is 13.8. The van der Waals surface area contributed by atoms with Gasteiger partial charge in [-0.3, -0.25) is 9.88 Å². The number of likely N-dealkylation sites (N-methyl/N-ethyl adjacent to an activating group) is 1. The summed E-state index contributed by atoms with van der Waals surface area (Å²) in [5.41, 5.74) is 2.15. The molecule has 22 heavy (non-hydrogen) atoms. The maximum absolute atomic E-state index is 9.67. The monoisotopic (exact) mass is 307 g/mol. The largest absolute Gasteiger partial charge is 0.396 e. The molecule has 124 valence electrons. The molecule has 0 amide bonds. The lowest BCUT2D eigenvalue weighted by Gasteiger charge is -2.25. The molecule has 0 spiro atoms. The fourth-order valence-corrected chi connectivity index (χ4v) is 3.35. The Morgan fingerprint density at radius 3 is 2.68 bits per heavy atom. The van der Waals surface area contributed by atoms with Gasteiger partial charge in [-0.1, -0.05) is 13.0 Å². The minimum atomic E-state index is 0.196. The van der Waals surface area contributed by atoms with Crippen molar-refractivity contribution in [1.82, 2.24) is 14.8 Å². The fraction of sp³-hybridized carbons (Fsp3) is 0.706. The Kier molecular flexibility index (Phi) is 6.76. The molecule has 0 unspecified atom stereocenters.